The van der Waals surface area contributed by atoms with E-state index in [1.54, 1.807) is 31.3 Å². The molecule has 0 spiro atoms. The van der Waals surface area contributed by atoms with E-state index in [4.69, 9.17) is 0 Å². The molecule has 0 aromatic carbocycles. The Kier molecular flexibility index (Phi) is 4.92. The van der Waals surface area contributed by atoms with Crippen molar-refractivity contribution in [2.75, 3.05) is 27.2 Å². The third kappa shape index (κ3) is 3.01. The number of aromatic nitrogens is 1. The molecule has 1 atom stereocenters. The molecule has 0 aliphatic carbocycles. The lowest BCUT2D eigenvalue weighted by Crippen LogP contribution is -2.36. The summed E-state index contributed by atoms with van der Waals surface area (Å²) in [6.45, 7) is 2.76. The second-order valence-corrected chi connectivity index (χ2v) is 5.50. The Bertz CT molecular complexity index is 596. The van der Waals surface area contributed by atoms with Crippen LogP contribution in [0, 0.1) is 0 Å². The van der Waals surface area contributed by atoms with E-state index in [-0.39, 0.29) is 17.8 Å². The lowest BCUT2D eigenvalue weighted by molar-refractivity contribution is -0.129. The van der Waals surface area contributed by atoms with E-state index in [0.717, 1.165) is 0 Å². The highest BCUT2D eigenvalue weighted by molar-refractivity contribution is 6.08. The van der Waals surface area contributed by atoms with Gasteiger partial charge in [-0.1, -0.05) is 13.0 Å². The van der Waals surface area contributed by atoms with Crippen molar-refractivity contribution in [2.45, 2.75) is 19.4 Å². The number of carbonyl (C=O) groups excluding carboxylic acids is 2. The minimum absolute atomic E-state index is 0.157. The number of aliphatic hydroxyl groups is 1. The number of carbonyl (C=O) groups is 2. The van der Waals surface area contributed by atoms with E-state index in [1.165, 1.54) is 4.90 Å². The number of amides is 1. The van der Waals surface area contributed by atoms with Gasteiger partial charge in [0.25, 0.3) is 5.91 Å². The molecule has 1 aliphatic rings. The standard InChI is InChI=1S/C16H21N3O3/c1-4-12(20)13-14(11-7-5-6-8-17-11)19(10-9-18(2)3)16(22)15(13)21/h5-8,14,21H,4,9-10H2,1-3H3. The first-order chi connectivity index (χ1) is 10.5. The molecular weight excluding hydrogens is 282 g/mol. The first kappa shape index (κ1) is 16.2. The Labute approximate surface area is 130 Å². The van der Waals surface area contributed by atoms with Gasteiger partial charge < -0.3 is 14.9 Å². The maximum Gasteiger partial charge on any atom is 0.290 e. The van der Waals surface area contributed by atoms with Crippen molar-refractivity contribution in [1.82, 2.24) is 14.8 Å². The van der Waals surface area contributed by atoms with Crippen molar-refractivity contribution in [2.24, 2.45) is 0 Å². The molecule has 1 aliphatic heterocycles. The summed E-state index contributed by atoms with van der Waals surface area (Å²) >= 11 is 0. The van der Waals surface area contributed by atoms with Gasteiger partial charge in [-0.2, -0.15) is 0 Å². The van der Waals surface area contributed by atoms with Crippen LogP contribution in [0.2, 0.25) is 0 Å². The van der Waals surface area contributed by atoms with E-state index in [2.05, 4.69) is 4.98 Å². The molecule has 1 amide bonds. The summed E-state index contributed by atoms with van der Waals surface area (Å²) in [5.74, 6) is -1.18. The van der Waals surface area contributed by atoms with Gasteiger partial charge in [0.15, 0.2) is 11.5 Å². The van der Waals surface area contributed by atoms with Crippen LogP contribution in [-0.4, -0.2) is 58.8 Å². The molecule has 0 saturated carbocycles. The number of Topliss-reactive ketones (excluding diaryl/α,β-unsaturated/α-hetero) is 1. The highest BCUT2D eigenvalue weighted by Gasteiger charge is 2.43. The van der Waals surface area contributed by atoms with Gasteiger partial charge in [0.2, 0.25) is 0 Å². The molecule has 6 nitrogen and oxygen atoms in total. The fraction of sp³-hybridized carbons (Fsp3) is 0.438. The van der Waals surface area contributed by atoms with Gasteiger partial charge in [-0.3, -0.25) is 14.6 Å². The molecular formula is C16H21N3O3. The SMILES string of the molecule is CCC(=O)C1=C(O)C(=O)N(CCN(C)C)C1c1ccccn1. The molecule has 6 heteroatoms. The number of ketones is 1. The molecule has 0 fully saturated rings. The third-order valence-electron chi connectivity index (χ3n) is 3.68. The smallest absolute Gasteiger partial charge is 0.290 e. The summed E-state index contributed by atoms with van der Waals surface area (Å²) in [5, 5.41) is 10.2. The van der Waals surface area contributed by atoms with Crippen molar-refractivity contribution in [3.05, 3.63) is 41.4 Å². The van der Waals surface area contributed by atoms with E-state index in [1.807, 2.05) is 19.0 Å². The van der Waals surface area contributed by atoms with Crippen LogP contribution in [0.1, 0.15) is 25.1 Å². The molecule has 2 rings (SSSR count). The fourth-order valence-electron chi connectivity index (χ4n) is 2.51. The molecule has 1 aromatic heterocycles. The van der Waals surface area contributed by atoms with E-state index < -0.39 is 17.7 Å². The molecule has 0 bridgehead atoms. The molecule has 1 unspecified atom stereocenters. The second-order valence-electron chi connectivity index (χ2n) is 5.50. The van der Waals surface area contributed by atoms with Gasteiger partial charge in [0.05, 0.1) is 11.3 Å². The highest BCUT2D eigenvalue weighted by atomic mass is 16.3. The number of rotatable bonds is 6. The minimum Gasteiger partial charge on any atom is -0.503 e. The molecule has 2 heterocycles. The van der Waals surface area contributed by atoms with E-state index >= 15 is 0 Å². The van der Waals surface area contributed by atoms with Crippen molar-refractivity contribution in [3.63, 3.8) is 0 Å². The van der Waals surface area contributed by atoms with Gasteiger partial charge in [0, 0.05) is 25.7 Å². The van der Waals surface area contributed by atoms with Crippen LogP contribution in [0.5, 0.6) is 0 Å². The number of likely N-dealkylation sites (N-methyl/N-ethyl adjacent to an activating group) is 1. The van der Waals surface area contributed by atoms with Crippen molar-refractivity contribution in [3.8, 4) is 0 Å². The summed E-state index contributed by atoms with van der Waals surface area (Å²) in [5.41, 5.74) is 0.750. The summed E-state index contributed by atoms with van der Waals surface area (Å²) in [6.07, 6.45) is 1.85. The zero-order chi connectivity index (χ0) is 16.3. The predicted molar refractivity (Wildman–Crippen MR) is 82.2 cm³/mol. The van der Waals surface area contributed by atoms with Gasteiger partial charge in [0.1, 0.15) is 6.04 Å². The minimum atomic E-state index is -0.610. The molecule has 0 saturated heterocycles. The average Bonchev–Trinajstić information content (AvgIpc) is 2.77. The Morgan fingerprint density at radius 2 is 2.14 bits per heavy atom. The van der Waals surface area contributed by atoms with Crippen molar-refractivity contribution < 1.29 is 14.7 Å². The van der Waals surface area contributed by atoms with Crippen LogP contribution >= 0.6 is 0 Å². The lowest BCUT2D eigenvalue weighted by Gasteiger charge is -2.27. The average molecular weight is 303 g/mol. The molecule has 0 radical (unpaired) electrons. The molecule has 22 heavy (non-hydrogen) atoms. The topological polar surface area (TPSA) is 73.7 Å². The Balaban J connectivity index is 2.43. The maximum atomic E-state index is 12.4. The van der Waals surface area contributed by atoms with E-state index in [0.29, 0.717) is 18.8 Å². The van der Waals surface area contributed by atoms with Gasteiger partial charge in [-0.05, 0) is 26.2 Å². The van der Waals surface area contributed by atoms with E-state index in [9.17, 15) is 14.7 Å². The van der Waals surface area contributed by atoms with Crippen LogP contribution in [0.15, 0.2) is 35.7 Å². The van der Waals surface area contributed by atoms with Gasteiger partial charge >= 0.3 is 0 Å². The summed E-state index contributed by atoms with van der Waals surface area (Å²) in [7, 11) is 3.81. The zero-order valence-electron chi connectivity index (χ0n) is 13.1. The Morgan fingerprint density at radius 3 is 2.68 bits per heavy atom. The van der Waals surface area contributed by atoms with Crippen LogP contribution in [0.4, 0.5) is 0 Å². The monoisotopic (exact) mass is 303 g/mol. The summed E-state index contributed by atoms with van der Waals surface area (Å²) < 4.78 is 0. The van der Waals surface area contributed by atoms with Gasteiger partial charge in [-0.15, -0.1) is 0 Å². The second kappa shape index (κ2) is 6.70. The first-order valence-corrected chi connectivity index (χ1v) is 7.30. The highest BCUT2D eigenvalue weighted by Crippen LogP contribution is 2.36. The largest absolute Gasteiger partial charge is 0.503 e. The molecule has 1 N–H and O–H groups in total. The maximum absolute atomic E-state index is 12.4. The number of pyridine rings is 1. The number of aliphatic hydroxyl groups excluding tert-OH is 1. The summed E-state index contributed by atoms with van der Waals surface area (Å²) in [6, 6.07) is 4.73. The number of nitrogens with zero attached hydrogens (tertiary/aromatic N) is 3. The van der Waals surface area contributed by atoms with Crippen LogP contribution in [0.3, 0.4) is 0 Å². The fourth-order valence-corrected chi connectivity index (χ4v) is 2.51. The summed E-state index contributed by atoms with van der Waals surface area (Å²) in [4.78, 5) is 32.3. The van der Waals surface area contributed by atoms with Crippen LogP contribution in [-0.2, 0) is 9.59 Å². The number of hydrogen-bond acceptors (Lipinski definition) is 5. The Hall–Kier alpha value is -2.21. The van der Waals surface area contributed by atoms with Crippen LogP contribution in [0.25, 0.3) is 0 Å². The Morgan fingerprint density at radius 1 is 1.41 bits per heavy atom. The zero-order valence-corrected chi connectivity index (χ0v) is 13.1. The molecule has 1 aromatic rings. The van der Waals surface area contributed by atoms with Crippen LogP contribution < -0.4 is 0 Å². The predicted octanol–water partition coefficient (Wildman–Crippen LogP) is 1.32. The lowest BCUT2D eigenvalue weighted by atomic mass is 9.98. The third-order valence-corrected chi connectivity index (χ3v) is 3.68. The van der Waals surface area contributed by atoms with Crippen molar-refractivity contribution in [1.29, 1.82) is 0 Å². The number of hydrogen-bond donors (Lipinski definition) is 1. The van der Waals surface area contributed by atoms with Crippen molar-refractivity contribution >= 4 is 11.7 Å². The molecule has 118 valence electrons. The first-order valence-electron chi connectivity index (χ1n) is 7.30. The quantitative estimate of drug-likeness (QED) is 0.858. The normalized spacial score (nSPS) is 18.5. The van der Waals surface area contributed by atoms with Gasteiger partial charge in [-0.25, -0.2) is 0 Å².